The molecule has 1 aliphatic rings. The van der Waals surface area contributed by atoms with Gasteiger partial charge in [-0.2, -0.15) is 0 Å². The van der Waals surface area contributed by atoms with Crippen LogP contribution in [0.1, 0.15) is 31.9 Å². The van der Waals surface area contributed by atoms with Gasteiger partial charge in [-0.3, -0.25) is 4.79 Å². The predicted octanol–water partition coefficient (Wildman–Crippen LogP) is 4.04. The summed E-state index contributed by atoms with van der Waals surface area (Å²) in [7, 11) is 0. The van der Waals surface area contributed by atoms with Crippen LogP contribution in [-0.4, -0.2) is 10.6 Å². The van der Waals surface area contributed by atoms with Crippen LogP contribution in [0, 0.1) is 11.8 Å². The van der Waals surface area contributed by atoms with Crippen molar-refractivity contribution in [3.8, 4) is 0 Å². The number of hydrogen-bond acceptors (Lipinski definition) is 2. The van der Waals surface area contributed by atoms with Crippen LogP contribution in [-0.2, 0) is 6.54 Å². The van der Waals surface area contributed by atoms with E-state index in [1.54, 1.807) is 16.8 Å². The van der Waals surface area contributed by atoms with Crippen LogP contribution in [0.5, 0.6) is 0 Å². The van der Waals surface area contributed by atoms with Crippen LogP contribution in [0.3, 0.4) is 0 Å². The number of nitrogens with zero attached hydrogens (tertiary/aromatic N) is 1. The van der Waals surface area contributed by atoms with Crippen molar-refractivity contribution in [2.24, 2.45) is 11.8 Å². The average molecular weight is 360 g/mol. The molecule has 5 nitrogen and oxygen atoms in total. The Morgan fingerprint density at radius 1 is 1.28 bits per heavy atom. The maximum absolute atomic E-state index is 12.5. The third-order valence-corrected chi connectivity index (χ3v) is 4.95. The van der Waals surface area contributed by atoms with Gasteiger partial charge in [0.05, 0.1) is 11.7 Å². The van der Waals surface area contributed by atoms with Crippen molar-refractivity contribution >= 4 is 23.3 Å². The number of carbonyl (C=O) groups is 1. The number of urea groups is 1. The lowest BCUT2D eigenvalue weighted by molar-refractivity contribution is 0.246. The molecule has 3 unspecified atom stereocenters. The number of amides is 2. The van der Waals surface area contributed by atoms with Gasteiger partial charge >= 0.3 is 6.03 Å². The largest absolute Gasteiger partial charge is 0.331 e. The monoisotopic (exact) mass is 359 g/mol. The zero-order chi connectivity index (χ0) is 18.0. The second-order valence-corrected chi connectivity index (χ2v) is 6.98. The molecule has 2 amide bonds. The number of nitrogens with one attached hydrogen (secondary N) is 2. The van der Waals surface area contributed by atoms with E-state index in [-0.39, 0.29) is 17.6 Å². The number of rotatable bonds is 5. The highest BCUT2D eigenvalue weighted by Crippen LogP contribution is 2.47. The van der Waals surface area contributed by atoms with Gasteiger partial charge in [0.1, 0.15) is 0 Å². The third-order valence-electron chi connectivity index (χ3n) is 4.70. The van der Waals surface area contributed by atoms with Gasteiger partial charge in [0, 0.05) is 23.8 Å². The molecule has 2 aromatic rings. The lowest BCUT2D eigenvalue weighted by Crippen LogP contribution is -2.34. The van der Waals surface area contributed by atoms with Crippen molar-refractivity contribution in [1.29, 1.82) is 0 Å². The maximum atomic E-state index is 12.5. The van der Waals surface area contributed by atoms with Crippen LogP contribution >= 0.6 is 11.6 Å². The summed E-state index contributed by atoms with van der Waals surface area (Å²) in [5, 5.41) is 6.56. The van der Waals surface area contributed by atoms with E-state index in [0.29, 0.717) is 29.1 Å². The smallest absolute Gasteiger partial charge is 0.319 e. The fraction of sp³-hybridized carbons (Fsp3) is 0.368. The van der Waals surface area contributed by atoms with E-state index in [9.17, 15) is 9.59 Å². The Balaban J connectivity index is 1.72. The minimum atomic E-state index is -0.277. The molecule has 2 N–H and O–H groups in total. The Kier molecular flexibility index (Phi) is 5.13. The Hall–Kier alpha value is -2.27. The molecule has 1 heterocycles. The van der Waals surface area contributed by atoms with Gasteiger partial charge in [-0.15, -0.1) is 0 Å². The molecule has 1 aromatic carbocycles. The van der Waals surface area contributed by atoms with Crippen LogP contribution < -0.4 is 16.2 Å². The van der Waals surface area contributed by atoms with Gasteiger partial charge in [0.25, 0.3) is 5.56 Å². The second kappa shape index (κ2) is 7.31. The van der Waals surface area contributed by atoms with Gasteiger partial charge in [-0.25, -0.2) is 4.79 Å². The molecule has 1 saturated carbocycles. The van der Waals surface area contributed by atoms with Crippen molar-refractivity contribution in [1.82, 2.24) is 9.88 Å². The van der Waals surface area contributed by atoms with E-state index < -0.39 is 0 Å². The first-order valence-electron chi connectivity index (χ1n) is 8.51. The predicted molar refractivity (Wildman–Crippen MR) is 100.0 cm³/mol. The fourth-order valence-electron chi connectivity index (χ4n) is 3.08. The number of pyridine rings is 1. The molecule has 1 fully saturated rings. The Morgan fingerprint density at radius 2 is 1.96 bits per heavy atom. The SMILES string of the molecule is CCn1cc(NC(=O)NC(c2ccc(Cl)cc2)C2CC2C)ccc1=O. The van der Waals surface area contributed by atoms with Crippen molar-refractivity contribution in [2.75, 3.05) is 5.32 Å². The third kappa shape index (κ3) is 4.23. The molecule has 1 aromatic heterocycles. The van der Waals surface area contributed by atoms with E-state index in [0.717, 1.165) is 12.0 Å². The van der Waals surface area contributed by atoms with Crippen LogP contribution in [0.2, 0.25) is 5.02 Å². The van der Waals surface area contributed by atoms with E-state index in [1.807, 2.05) is 31.2 Å². The zero-order valence-electron chi connectivity index (χ0n) is 14.3. The molecule has 6 heteroatoms. The molecule has 0 spiro atoms. The molecule has 0 aliphatic heterocycles. The standard InChI is InChI=1S/C19H22ClN3O2/c1-3-23-11-15(8-9-17(23)24)21-19(25)22-18(16-10-12(16)2)13-4-6-14(20)7-5-13/h4-9,11-12,16,18H,3,10H2,1-2H3,(H2,21,22,25). The van der Waals surface area contributed by atoms with Crippen molar-refractivity contribution in [3.63, 3.8) is 0 Å². The summed E-state index contributed by atoms with van der Waals surface area (Å²) < 4.78 is 1.55. The van der Waals surface area contributed by atoms with Crippen LogP contribution in [0.15, 0.2) is 47.4 Å². The van der Waals surface area contributed by atoms with Crippen LogP contribution in [0.25, 0.3) is 0 Å². The number of carbonyl (C=O) groups excluding carboxylic acids is 1. The van der Waals surface area contributed by atoms with Gasteiger partial charge in [0.15, 0.2) is 0 Å². The first kappa shape index (κ1) is 17.5. The number of aryl methyl sites for hydroxylation is 1. The van der Waals surface area contributed by atoms with Gasteiger partial charge in [0.2, 0.25) is 0 Å². The molecular weight excluding hydrogens is 338 g/mol. The van der Waals surface area contributed by atoms with Gasteiger partial charge in [-0.05, 0) is 48.9 Å². The Morgan fingerprint density at radius 3 is 2.56 bits per heavy atom. The molecular formula is C19H22ClN3O2. The summed E-state index contributed by atoms with van der Waals surface area (Å²) in [6, 6.07) is 10.3. The highest BCUT2D eigenvalue weighted by Gasteiger charge is 2.41. The lowest BCUT2D eigenvalue weighted by Gasteiger charge is -2.20. The topological polar surface area (TPSA) is 63.1 Å². The number of anilines is 1. The molecule has 0 saturated heterocycles. The number of hydrogen-bond donors (Lipinski definition) is 2. The molecule has 0 radical (unpaired) electrons. The number of halogens is 1. The van der Waals surface area contributed by atoms with Crippen molar-refractivity contribution in [2.45, 2.75) is 32.9 Å². The lowest BCUT2D eigenvalue weighted by atomic mass is 10.0. The molecule has 25 heavy (non-hydrogen) atoms. The summed E-state index contributed by atoms with van der Waals surface area (Å²) in [4.78, 5) is 24.1. The van der Waals surface area contributed by atoms with Gasteiger partial charge in [-0.1, -0.05) is 30.7 Å². The van der Waals surface area contributed by atoms with E-state index in [4.69, 9.17) is 11.6 Å². The highest BCUT2D eigenvalue weighted by atomic mass is 35.5. The van der Waals surface area contributed by atoms with E-state index in [2.05, 4.69) is 17.6 Å². The molecule has 132 valence electrons. The summed E-state index contributed by atoms with van der Waals surface area (Å²) in [6.07, 6.45) is 2.74. The van der Waals surface area contributed by atoms with Crippen LogP contribution in [0.4, 0.5) is 10.5 Å². The molecule has 3 atom stereocenters. The number of benzene rings is 1. The summed E-state index contributed by atoms with van der Waals surface area (Å²) in [5.41, 5.74) is 1.56. The summed E-state index contributed by atoms with van der Waals surface area (Å²) in [6.45, 7) is 4.63. The first-order chi connectivity index (χ1) is 12.0. The van der Waals surface area contributed by atoms with Crippen molar-refractivity contribution in [3.05, 3.63) is 63.5 Å². The zero-order valence-corrected chi connectivity index (χ0v) is 15.1. The summed E-state index contributed by atoms with van der Waals surface area (Å²) >= 11 is 5.97. The highest BCUT2D eigenvalue weighted by molar-refractivity contribution is 6.30. The molecule has 1 aliphatic carbocycles. The van der Waals surface area contributed by atoms with Crippen molar-refractivity contribution < 1.29 is 4.79 Å². The quantitative estimate of drug-likeness (QED) is 0.846. The minimum Gasteiger partial charge on any atom is -0.331 e. The maximum Gasteiger partial charge on any atom is 0.319 e. The van der Waals surface area contributed by atoms with E-state index in [1.165, 1.54) is 6.07 Å². The molecule has 0 bridgehead atoms. The second-order valence-electron chi connectivity index (χ2n) is 6.55. The first-order valence-corrected chi connectivity index (χ1v) is 8.89. The normalized spacial score (nSPS) is 20.0. The molecule has 3 rings (SSSR count). The minimum absolute atomic E-state index is 0.0515. The number of aromatic nitrogens is 1. The van der Waals surface area contributed by atoms with E-state index >= 15 is 0 Å². The summed E-state index contributed by atoms with van der Waals surface area (Å²) in [5.74, 6) is 1.01. The fourth-order valence-corrected chi connectivity index (χ4v) is 3.21. The Labute approximate surface area is 152 Å². The van der Waals surface area contributed by atoms with Gasteiger partial charge < -0.3 is 15.2 Å². The Bertz CT molecular complexity index is 816. The average Bonchev–Trinajstić information content (AvgIpc) is 3.32.